The number of benzene rings is 1. The zero-order valence-electron chi connectivity index (χ0n) is 10.00. The topological polar surface area (TPSA) is 102 Å². The fourth-order valence-electron chi connectivity index (χ4n) is 1.48. The molecule has 0 aromatic heterocycles. The first-order chi connectivity index (χ1) is 8.60. The summed E-state index contributed by atoms with van der Waals surface area (Å²) in [5.74, 6) is -1.68. The second-order valence-corrected chi connectivity index (χ2v) is 3.65. The van der Waals surface area contributed by atoms with E-state index in [-0.39, 0.29) is 6.54 Å². The molecule has 0 aliphatic rings. The Balaban J connectivity index is 2.82. The number of nitrogens with two attached hydrogens (primary N) is 1. The quantitative estimate of drug-likeness (QED) is 0.656. The maximum absolute atomic E-state index is 11.7. The van der Waals surface area contributed by atoms with Crippen molar-refractivity contribution >= 4 is 11.9 Å². The standard InChI is InChI=1S/C12H16N2O4/c1-18-9(7-13)11(15)14-10(12(16)17)8-5-3-2-4-6-8/h2-6,9-10H,7,13H2,1H3,(H,14,15)(H,16,17)/t9?,10-/m1/s1. The highest BCUT2D eigenvalue weighted by Crippen LogP contribution is 2.12. The zero-order valence-corrected chi connectivity index (χ0v) is 10.00. The van der Waals surface area contributed by atoms with Gasteiger partial charge in [0.25, 0.3) is 5.91 Å². The van der Waals surface area contributed by atoms with Gasteiger partial charge in [-0.1, -0.05) is 30.3 Å². The maximum atomic E-state index is 11.7. The smallest absolute Gasteiger partial charge is 0.330 e. The number of ether oxygens (including phenoxy) is 1. The largest absolute Gasteiger partial charge is 0.479 e. The van der Waals surface area contributed by atoms with Gasteiger partial charge in [0.1, 0.15) is 6.10 Å². The Morgan fingerprint density at radius 3 is 2.44 bits per heavy atom. The van der Waals surface area contributed by atoms with Gasteiger partial charge in [-0.3, -0.25) is 4.79 Å². The molecule has 0 bridgehead atoms. The minimum Gasteiger partial charge on any atom is -0.479 e. The first-order valence-electron chi connectivity index (χ1n) is 5.41. The first-order valence-corrected chi connectivity index (χ1v) is 5.41. The van der Waals surface area contributed by atoms with E-state index in [0.717, 1.165) is 0 Å². The zero-order chi connectivity index (χ0) is 13.5. The predicted molar refractivity (Wildman–Crippen MR) is 64.8 cm³/mol. The molecule has 0 saturated heterocycles. The molecule has 6 heteroatoms. The Morgan fingerprint density at radius 1 is 1.39 bits per heavy atom. The summed E-state index contributed by atoms with van der Waals surface area (Å²) in [7, 11) is 1.34. The number of carbonyl (C=O) groups is 2. The summed E-state index contributed by atoms with van der Waals surface area (Å²) >= 11 is 0. The molecule has 0 heterocycles. The van der Waals surface area contributed by atoms with Crippen molar-refractivity contribution < 1.29 is 19.4 Å². The van der Waals surface area contributed by atoms with Gasteiger partial charge in [-0.25, -0.2) is 4.79 Å². The van der Waals surface area contributed by atoms with Crippen molar-refractivity contribution in [2.24, 2.45) is 5.73 Å². The van der Waals surface area contributed by atoms with Gasteiger partial charge in [0.05, 0.1) is 0 Å². The summed E-state index contributed by atoms with van der Waals surface area (Å²) < 4.78 is 4.85. The van der Waals surface area contributed by atoms with Crippen LogP contribution in [0.3, 0.4) is 0 Å². The average Bonchev–Trinajstić information content (AvgIpc) is 2.38. The van der Waals surface area contributed by atoms with E-state index in [9.17, 15) is 9.59 Å². The molecule has 98 valence electrons. The lowest BCUT2D eigenvalue weighted by Gasteiger charge is -2.18. The van der Waals surface area contributed by atoms with E-state index < -0.39 is 24.0 Å². The van der Waals surface area contributed by atoms with E-state index >= 15 is 0 Å². The molecule has 0 saturated carbocycles. The Morgan fingerprint density at radius 2 is 2.00 bits per heavy atom. The summed E-state index contributed by atoms with van der Waals surface area (Å²) in [6.07, 6.45) is -0.851. The molecule has 0 fully saturated rings. The minimum absolute atomic E-state index is 0.0105. The van der Waals surface area contributed by atoms with Gasteiger partial charge in [0, 0.05) is 13.7 Å². The number of carboxylic acids is 1. The molecule has 18 heavy (non-hydrogen) atoms. The van der Waals surface area contributed by atoms with Crippen molar-refractivity contribution in [3.05, 3.63) is 35.9 Å². The average molecular weight is 252 g/mol. The number of carbonyl (C=O) groups excluding carboxylic acids is 1. The predicted octanol–water partition coefficient (Wildman–Crippen LogP) is -0.0978. The van der Waals surface area contributed by atoms with Gasteiger partial charge in [-0.15, -0.1) is 0 Å². The number of hydrogen-bond acceptors (Lipinski definition) is 4. The molecule has 1 rings (SSSR count). The van der Waals surface area contributed by atoms with Crippen molar-refractivity contribution in [2.45, 2.75) is 12.1 Å². The van der Waals surface area contributed by atoms with E-state index in [0.29, 0.717) is 5.56 Å². The molecule has 1 unspecified atom stereocenters. The molecule has 0 spiro atoms. The normalized spacial score (nSPS) is 13.7. The summed E-state index contributed by atoms with van der Waals surface area (Å²) in [6.45, 7) is -0.0105. The van der Waals surface area contributed by atoms with Crippen molar-refractivity contribution in [2.75, 3.05) is 13.7 Å². The number of aliphatic carboxylic acids is 1. The highest BCUT2D eigenvalue weighted by molar-refractivity contribution is 5.87. The Bertz CT molecular complexity index is 404. The van der Waals surface area contributed by atoms with Crippen molar-refractivity contribution in [3.63, 3.8) is 0 Å². The Hall–Kier alpha value is -1.92. The Labute approximate surface area is 105 Å². The van der Waals surface area contributed by atoms with Crippen LogP contribution < -0.4 is 11.1 Å². The number of rotatable bonds is 6. The lowest BCUT2D eigenvalue weighted by molar-refractivity contribution is -0.144. The van der Waals surface area contributed by atoms with E-state index in [1.54, 1.807) is 30.3 Å². The first kappa shape index (κ1) is 14.1. The molecule has 6 nitrogen and oxygen atoms in total. The van der Waals surface area contributed by atoms with Crippen LogP contribution in [0.5, 0.6) is 0 Å². The van der Waals surface area contributed by atoms with Crippen molar-refractivity contribution in [3.8, 4) is 0 Å². The third kappa shape index (κ3) is 3.54. The highest BCUT2D eigenvalue weighted by Gasteiger charge is 2.25. The SMILES string of the molecule is COC(CN)C(=O)N[C@@H](C(=O)O)c1ccccc1. The van der Waals surface area contributed by atoms with Crippen LogP contribution in [0.1, 0.15) is 11.6 Å². The molecular weight excluding hydrogens is 236 g/mol. The second-order valence-electron chi connectivity index (χ2n) is 3.65. The maximum Gasteiger partial charge on any atom is 0.330 e. The van der Waals surface area contributed by atoms with Gasteiger partial charge < -0.3 is 20.9 Å². The summed E-state index contributed by atoms with van der Waals surface area (Å²) in [4.78, 5) is 22.9. The third-order valence-electron chi connectivity index (χ3n) is 2.46. The molecule has 0 radical (unpaired) electrons. The number of nitrogens with one attached hydrogen (secondary N) is 1. The molecule has 1 aromatic rings. The fraction of sp³-hybridized carbons (Fsp3) is 0.333. The van der Waals surface area contributed by atoms with Crippen LogP contribution in [-0.4, -0.2) is 36.7 Å². The second kappa shape index (κ2) is 6.73. The fourth-order valence-corrected chi connectivity index (χ4v) is 1.48. The third-order valence-corrected chi connectivity index (χ3v) is 2.46. The lowest BCUT2D eigenvalue weighted by Crippen LogP contribution is -2.44. The van der Waals surface area contributed by atoms with Crippen LogP contribution in [0.25, 0.3) is 0 Å². The van der Waals surface area contributed by atoms with Gasteiger partial charge in [-0.05, 0) is 5.56 Å². The molecular formula is C12H16N2O4. The van der Waals surface area contributed by atoms with Gasteiger partial charge >= 0.3 is 5.97 Å². The van der Waals surface area contributed by atoms with E-state index in [1.807, 2.05) is 0 Å². The van der Waals surface area contributed by atoms with Gasteiger partial charge in [-0.2, -0.15) is 0 Å². The molecule has 4 N–H and O–H groups in total. The number of hydrogen-bond donors (Lipinski definition) is 3. The van der Waals surface area contributed by atoms with Crippen LogP contribution in [0.4, 0.5) is 0 Å². The van der Waals surface area contributed by atoms with E-state index in [1.165, 1.54) is 7.11 Å². The summed E-state index contributed by atoms with van der Waals surface area (Å²) in [5, 5.41) is 11.5. The number of methoxy groups -OCH3 is 1. The van der Waals surface area contributed by atoms with Crippen LogP contribution in [0.15, 0.2) is 30.3 Å². The van der Waals surface area contributed by atoms with Crippen LogP contribution in [0.2, 0.25) is 0 Å². The number of carboxylic acid groups (broad SMARTS) is 1. The van der Waals surface area contributed by atoms with Crippen LogP contribution in [0, 0.1) is 0 Å². The number of amides is 1. The van der Waals surface area contributed by atoms with Crippen molar-refractivity contribution in [1.82, 2.24) is 5.32 Å². The van der Waals surface area contributed by atoms with E-state index in [2.05, 4.69) is 5.32 Å². The molecule has 0 aliphatic heterocycles. The van der Waals surface area contributed by atoms with Gasteiger partial charge in [0.2, 0.25) is 0 Å². The molecule has 1 amide bonds. The minimum atomic E-state index is -1.14. The Kier molecular flexibility index (Phi) is 5.29. The molecule has 0 aliphatic carbocycles. The molecule has 1 aromatic carbocycles. The summed E-state index contributed by atoms with van der Waals surface area (Å²) in [5.41, 5.74) is 5.83. The lowest BCUT2D eigenvalue weighted by atomic mass is 10.1. The van der Waals surface area contributed by atoms with E-state index in [4.69, 9.17) is 15.6 Å². The molecule has 2 atom stereocenters. The monoisotopic (exact) mass is 252 g/mol. The van der Waals surface area contributed by atoms with Crippen LogP contribution in [-0.2, 0) is 14.3 Å². The van der Waals surface area contributed by atoms with Gasteiger partial charge in [0.15, 0.2) is 6.04 Å². The van der Waals surface area contributed by atoms with Crippen LogP contribution >= 0.6 is 0 Å². The summed E-state index contributed by atoms with van der Waals surface area (Å²) in [6, 6.07) is 7.32. The highest BCUT2D eigenvalue weighted by atomic mass is 16.5. The van der Waals surface area contributed by atoms with Crippen molar-refractivity contribution in [1.29, 1.82) is 0 Å².